The van der Waals surface area contributed by atoms with Crippen LogP contribution >= 0.6 is 0 Å². The Kier molecular flexibility index (Phi) is 8.25. The van der Waals surface area contributed by atoms with Crippen LogP contribution < -0.4 is 4.90 Å². The Morgan fingerprint density at radius 3 is 1.31 bits per heavy atom. The van der Waals surface area contributed by atoms with E-state index in [1.165, 1.54) is 105 Å². The van der Waals surface area contributed by atoms with Crippen molar-refractivity contribution in [1.29, 1.82) is 0 Å². The third-order valence-corrected chi connectivity index (χ3v) is 12.6. The van der Waals surface area contributed by atoms with Crippen LogP contribution in [0.25, 0.3) is 99.1 Å². The minimum atomic E-state index is 1.14. The first-order chi connectivity index (χ1) is 30.2. The molecule has 1 aliphatic rings. The molecule has 0 N–H and O–H groups in total. The number of anilines is 3. The average Bonchev–Trinajstić information content (AvgIpc) is 3.46. The number of rotatable bonds is 5. The van der Waals surface area contributed by atoms with Crippen molar-refractivity contribution in [2.24, 2.45) is 0 Å². The maximum Gasteiger partial charge on any atom is 0.0540 e. The fraction of sp³-hybridized carbons (Fsp3) is 0. The fourth-order valence-electron chi connectivity index (χ4n) is 9.64. The highest BCUT2D eigenvalue weighted by molar-refractivity contribution is 6.25. The summed E-state index contributed by atoms with van der Waals surface area (Å²) >= 11 is 0. The lowest BCUT2D eigenvalue weighted by Crippen LogP contribution is -2.10. The number of hydrogen-bond acceptors (Lipinski definition) is 1. The summed E-state index contributed by atoms with van der Waals surface area (Å²) in [5, 5.41) is 7.77. The van der Waals surface area contributed by atoms with Gasteiger partial charge in [-0.15, -0.1) is 0 Å². The molecule has 0 spiro atoms. The molecule has 61 heavy (non-hydrogen) atoms. The Hall–Kier alpha value is -8.00. The van der Waals surface area contributed by atoms with E-state index in [1.807, 2.05) is 0 Å². The summed E-state index contributed by atoms with van der Waals surface area (Å²) in [4.78, 5) is 2.42. The molecule has 0 radical (unpaired) electrons. The Bertz CT molecular complexity index is 3420. The molecule has 1 nitrogen and oxygen atoms in total. The van der Waals surface area contributed by atoms with Crippen LogP contribution in [-0.2, 0) is 0 Å². The van der Waals surface area contributed by atoms with Gasteiger partial charge in [-0.05, 0) is 136 Å². The second kappa shape index (κ2) is 14.4. The van der Waals surface area contributed by atoms with Crippen molar-refractivity contribution in [3.8, 4) is 66.8 Å². The molecule has 11 aromatic rings. The molecule has 0 saturated heterocycles. The summed E-state index contributed by atoms with van der Waals surface area (Å²) in [6.45, 7) is 0. The monoisotopic (exact) mass is 773 g/mol. The van der Waals surface area contributed by atoms with Gasteiger partial charge in [0, 0.05) is 16.8 Å². The smallest absolute Gasteiger partial charge is 0.0540 e. The second-order valence-electron chi connectivity index (χ2n) is 16.1. The standard InChI is InChI=1S/C60H39N/c1-3-14-40(15-4-1)45-30-34-54-55-24-11-12-25-59(55)61(48-18-5-2-6-19-48)60-35-32-46(39-58(60)57(54)37-45)42-28-26-41(27-29-42)43-16-13-17-44(36-43)47-31-33-53-51-22-8-7-20-49(51)50-21-9-10-23-52(50)56(53)38-47/h1-39H. The normalized spacial score (nSPS) is 11.9. The van der Waals surface area contributed by atoms with Crippen LogP contribution in [0.15, 0.2) is 237 Å². The van der Waals surface area contributed by atoms with Gasteiger partial charge in [0.05, 0.1) is 11.4 Å². The molecule has 284 valence electrons. The maximum atomic E-state index is 2.42. The van der Waals surface area contributed by atoms with Gasteiger partial charge < -0.3 is 4.90 Å². The SMILES string of the molecule is c1ccc(-c2ccc3c(c2)-c2cc(-c4ccc(-c5cccc(-c6ccc7c8ccccc8c8ccccc8c7c6)c5)cc4)ccc2N(c2ccccc2)c2ccccc2-3)cc1. The van der Waals surface area contributed by atoms with Crippen LogP contribution in [0.3, 0.4) is 0 Å². The minimum Gasteiger partial charge on any atom is -0.309 e. The van der Waals surface area contributed by atoms with Gasteiger partial charge in [-0.25, -0.2) is 0 Å². The van der Waals surface area contributed by atoms with Crippen molar-refractivity contribution in [2.75, 3.05) is 4.90 Å². The van der Waals surface area contributed by atoms with Gasteiger partial charge in [-0.3, -0.25) is 0 Å². The lowest BCUT2D eigenvalue weighted by atomic mass is 9.89. The van der Waals surface area contributed by atoms with E-state index in [1.54, 1.807) is 0 Å². The zero-order valence-corrected chi connectivity index (χ0v) is 33.5. The van der Waals surface area contributed by atoms with E-state index in [2.05, 4.69) is 241 Å². The van der Waals surface area contributed by atoms with E-state index in [9.17, 15) is 0 Å². The average molecular weight is 774 g/mol. The van der Waals surface area contributed by atoms with Crippen LogP contribution in [0, 0.1) is 0 Å². The molecule has 0 unspecified atom stereocenters. The molecule has 0 atom stereocenters. The van der Waals surface area contributed by atoms with Crippen molar-refractivity contribution in [1.82, 2.24) is 0 Å². The van der Waals surface area contributed by atoms with E-state index < -0.39 is 0 Å². The molecule has 0 fully saturated rings. The Morgan fingerprint density at radius 2 is 0.623 bits per heavy atom. The Balaban J connectivity index is 0.945. The van der Waals surface area contributed by atoms with Crippen molar-refractivity contribution >= 4 is 49.4 Å². The van der Waals surface area contributed by atoms with Crippen molar-refractivity contribution in [3.05, 3.63) is 237 Å². The third kappa shape index (κ3) is 5.93. The molecule has 1 heterocycles. The number of benzene rings is 11. The number of fused-ring (bicyclic) bond motifs is 11. The molecule has 0 aromatic heterocycles. The highest BCUT2D eigenvalue weighted by Gasteiger charge is 2.27. The van der Waals surface area contributed by atoms with E-state index in [-0.39, 0.29) is 0 Å². The molecular formula is C60H39N. The molecule has 0 aliphatic carbocycles. The number of hydrogen-bond donors (Lipinski definition) is 0. The van der Waals surface area contributed by atoms with Gasteiger partial charge >= 0.3 is 0 Å². The lowest BCUT2D eigenvalue weighted by Gasteiger charge is -2.27. The van der Waals surface area contributed by atoms with E-state index in [0.29, 0.717) is 0 Å². The van der Waals surface area contributed by atoms with Crippen LogP contribution in [0.1, 0.15) is 0 Å². The van der Waals surface area contributed by atoms with Crippen molar-refractivity contribution < 1.29 is 0 Å². The predicted molar refractivity (Wildman–Crippen MR) is 260 cm³/mol. The molecule has 1 aliphatic heterocycles. The summed E-state index contributed by atoms with van der Waals surface area (Å²) in [6.07, 6.45) is 0. The Morgan fingerprint density at radius 1 is 0.197 bits per heavy atom. The quantitative estimate of drug-likeness (QED) is 0.157. The van der Waals surface area contributed by atoms with Gasteiger partial charge in [0.2, 0.25) is 0 Å². The van der Waals surface area contributed by atoms with E-state index in [0.717, 1.165) is 11.4 Å². The fourth-order valence-corrected chi connectivity index (χ4v) is 9.64. The zero-order valence-electron chi connectivity index (χ0n) is 33.5. The first kappa shape index (κ1) is 35.0. The summed E-state index contributed by atoms with van der Waals surface area (Å²) in [5.41, 5.74) is 18.0. The van der Waals surface area contributed by atoms with E-state index >= 15 is 0 Å². The molecule has 0 saturated carbocycles. The largest absolute Gasteiger partial charge is 0.309 e. The van der Waals surface area contributed by atoms with Gasteiger partial charge in [0.25, 0.3) is 0 Å². The molecular weight excluding hydrogens is 735 g/mol. The third-order valence-electron chi connectivity index (χ3n) is 12.6. The van der Waals surface area contributed by atoms with Crippen molar-refractivity contribution in [3.63, 3.8) is 0 Å². The number of nitrogens with zero attached hydrogens (tertiary/aromatic N) is 1. The summed E-state index contributed by atoms with van der Waals surface area (Å²) < 4.78 is 0. The second-order valence-corrected chi connectivity index (χ2v) is 16.1. The first-order valence-electron chi connectivity index (χ1n) is 21.1. The molecule has 0 amide bonds. The highest BCUT2D eigenvalue weighted by atomic mass is 15.1. The molecule has 11 aromatic carbocycles. The van der Waals surface area contributed by atoms with Crippen LogP contribution in [0.4, 0.5) is 17.1 Å². The van der Waals surface area contributed by atoms with Gasteiger partial charge in [-0.2, -0.15) is 0 Å². The van der Waals surface area contributed by atoms with Crippen LogP contribution in [0.2, 0.25) is 0 Å². The van der Waals surface area contributed by atoms with Gasteiger partial charge in [0.1, 0.15) is 0 Å². The van der Waals surface area contributed by atoms with Crippen LogP contribution in [-0.4, -0.2) is 0 Å². The molecule has 1 heteroatoms. The van der Waals surface area contributed by atoms with E-state index in [4.69, 9.17) is 0 Å². The zero-order chi connectivity index (χ0) is 40.3. The van der Waals surface area contributed by atoms with Gasteiger partial charge in [-0.1, -0.05) is 188 Å². The predicted octanol–water partition coefficient (Wildman–Crippen LogP) is 16.9. The maximum absolute atomic E-state index is 2.42. The summed E-state index contributed by atoms with van der Waals surface area (Å²) in [5.74, 6) is 0. The summed E-state index contributed by atoms with van der Waals surface area (Å²) in [7, 11) is 0. The number of para-hydroxylation sites is 2. The first-order valence-corrected chi connectivity index (χ1v) is 21.1. The van der Waals surface area contributed by atoms with Crippen molar-refractivity contribution in [2.45, 2.75) is 0 Å². The highest BCUT2D eigenvalue weighted by Crippen LogP contribution is 2.52. The van der Waals surface area contributed by atoms with Crippen LogP contribution in [0.5, 0.6) is 0 Å². The molecule has 12 rings (SSSR count). The summed E-state index contributed by atoms with van der Waals surface area (Å²) in [6, 6.07) is 86.8. The van der Waals surface area contributed by atoms with Gasteiger partial charge in [0.15, 0.2) is 0 Å². The topological polar surface area (TPSA) is 3.24 Å². The minimum absolute atomic E-state index is 1.14. The molecule has 0 bridgehead atoms. The lowest BCUT2D eigenvalue weighted by molar-refractivity contribution is 1.29. The Labute approximate surface area is 356 Å².